The highest BCUT2D eigenvalue weighted by Crippen LogP contribution is 2.17. The summed E-state index contributed by atoms with van der Waals surface area (Å²) < 4.78 is 10.3. The van der Waals surface area contributed by atoms with Crippen LogP contribution in [0.25, 0.3) is 0 Å². The molecular weight excluding hydrogens is 260 g/mol. The third kappa shape index (κ3) is 5.44. The summed E-state index contributed by atoms with van der Waals surface area (Å²) in [6.45, 7) is 5.63. The smallest absolute Gasteiger partial charge is 0.407 e. The van der Waals surface area contributed by atoms with Crippen LogP contribution in [0.4, 0.5) is 4.79 Å². The first-order valence-corrected chi connectivity index (χ1v) is 6.46. The third-order valence-corrected chi connectivity index (χ3v) is 2.38. The maximum absolute atomic E-state index is 11.6. The molecule has 0 atom stereocenters. The van der Waals surface area contributed by atoms with Crippen LogP contribution in [0.3, 0.4) is 0 Å². The second-order valence-corrected chi connectivity index (χ2v) is 5.28. The highest BCUT2D eigenvalue weighted by molar-refractivity contribution is 5.67. The average Bonchev–Trinajstić information content (AvgIpc) is 2.35. The van der Waals surface area contributed by atoms with Crippen LogP contribution in [0.1, 0.15) is 32.2 Å². The summed E-state index contributed by atoms with van der Waals surface area (Å²) in [4.78, 5) is 15.9. The molecule has 1 aromatic rings. The van der Waals surface area contributed by atoms with Crippen molar-refractivity contribution in [3.05, 3.63) is 23.5 Å². The van der Waals surface area contributed by atoms with E-state index in [4.69, 9.17) is 14.6 Å². The lowest BCUT2D eigenvalue weighted by atomic mass is 10.2. The van der Waals surface area contributed by atoms with Gasteiger partial charge in [0, 0.05) is 18.7 Å². The highest BCUT2D eigenvalue weighted by atomic mass is 16.6. The Labute approximate surface area is 119 Å². The number of hydrogen-bond acceptors (Lipinski definition) is 5. The zero-order valence-corrected chi connectivity index (χ0v) is 12.4. The lowest BCUT2D eigenvalue weighted by Gasteiger charge is -2.19. The summed E-state index contributed by atoms with van der Waals surface area (Å²) in [5.41, 5.74) is 0.805. The van der Waals surface area contributed by atoms with Crippen molar-refractivity contribution >= 4 is 6.09 Å². The molecule has 112 valence electrons. The van der Waals surface area contributed by atoms with E-state index in [-0.39, 0.29) is 13.2 Å². The quantitative estimate of drug-likeness (QED) is 0.858. The number of aliphatic hydroxyl groups excluding tert-OH is 1. The summed E-state index contributed by atoms with van der Waals surface area (Å²) in [5.74, 6) is 0.586. The Hall–Kier alpha value is -1.82. The molecule has 6 nitrogen and oxygen atoms in total. The fraction of sp³-hybridized carbons (Fsp3) is 0.571. The number of nitrogens with zero attached hydrogens (tertiary/aromatic N) is 1. The van der Waals surface area contributed by atoms with Gasteiger partial charge in [0.1, 0.15) is 17.0 Å². The second-order valence-electron chi connectivity index (χ2n) is 5.28. The maximum atomic E-state index is 11.6. The van der Waals surface area contributed by atoms with E-state index < -0.39 is 11.7 Å². The van der Waals surface area contributed by atoms with E-state index in [9.17, 15) is 4.79 Å². The fourth-order valence-corrected chi connectivity index (χ4v) is 1.57. The molecule has 0 saturated heterocycles. The van der Waals surface area contributed by atoms with Crippen LogP contribution in [-0.2, 0) is 17.7 Å². The van der Waals surface area contributed by atoms with Crippen LogP contribution < -0.4 is 10.1 Å². The van der Waals surface area contributed by atoms with Gasteiger partial charge in [-0.25, -0.2) is 4.79 Å². The number of aliphatic hydroxyl groups is 1. The number of rotatable bonds is 5. The predicted molar refractivity (Wildman–Crippen MR) is 74.7 cm³/mol. The van der Waals surface area contributed by atoms with E-state index in [1.165, 1.54) is 0 Å². The fourth-order valence-electron chi connectivity index (χ4n) is 1.57. The van der Waals surface area contributed by atoms with Gasteiger partial charge in [-0.15, -0.1) is 0 Å². The lowest BCUT2D eigenvalue weighted by molar-refractivity contribution is 0.0522. The van der Waals surface area contributed by atoms with Gasteiger partial charge in [-0.2, -0.15) is 0 Å². The number of hydrogen-bond donors (Lipinski definition) is 2. The van der Waals surface area contributed by atoms with Crippen molar-refractivity contribution in [3.63, 3.8) is 0 Å². The minimum absolute atomic E-state index is 0.0261. The minimum Gasteiger partial charge on any atom is -0.495 e. The predicted octanol–water partition coefficient (Wildman–Crippen LogP) is 1.65. The molecule has 1 amide bonds. The van der Waals surface area contributed by atoms with Crippen molar-refractivity contribution in [2.24, 2.45) is 0 Å². The van der Waals surface area contributed by atoms with E-state index >= 15 is 0 Å². The van der Waals surface area contributed by atoms with Crippen LogP contribution >= 0.6 is 0 Å². The number of amides is 1. The van der Waals surface area contributed by atoms with Gasteiger partial charge < -0.3 is 19.9 Å². The number of carbonyl (C=O) groups excluding carboxylic acids is 1. The first-order valence-electron chi connectivity index (χ1n) is 6.46. The van der Waals surface area contributed by atoms with E-state index in [2.05, 4.69) is 10.3 Å². The molecular formula is C14H22N2O4. The third-order valence-electron chi connectivity index (χ3n) is 2.38. The van der Waals surface area contributed by atoms with Gasteiger partial charge in [0.05, 0.1) is 13.7 Å². The first-order chi connectivity index (χ1) is 9.35. The second kappa shape index (κ2) is 7.09. The molecule has 1 aromatic heterocycles. The van der Waals surface area contributed by atoms with Crippen LogP contribution in [0.2, 0.25) is 0 Å². The number of alkyl carbamates (subject to hydrolysis) is 1. The molecule has 1 rings (SSSR count). The number of methoxy groups -OCH3 is 1. The molecule has 0 aliphatic carbocycles. The van der Waals surface area contributed by atoms with Gasteiger partial charge in [0.2, 0.25) is 0 Å². The van der Waals surface area contributed by atoms with Crippen LogP contribution in [0.15, 0.2) is 12.1 Å². The molecule has 20 heavy (non-hydrogen) atoms. The van der Waals surface area contributed by atoms with Crippen molar-refractivity contribution in [1.82, 2.24) is 10.3 Å². The molecule has 0 bridgehead atoms. The van der Waals surface area contributed by atoms with E-state index in [0.29, 0.717) is 17.9 Å². The monoisotopic (exact) mass is 282 g/mol. The van der Waals surface area contributed by atoms with E-state index in [1.54, 1.807) is 40.0 Å². The number of aromatic nitrogens is 1. The van der Waals surface area contributed by atoms with Gasteiger partial charge in [-0.3, -0.25) is 4.98 Å². The molecule has 0 radical (unpaired) electrons. The maximum Gasteiger partial charge on any atom is 0.407 e. The SMILES string of the molecule is COc1ccc(CCO)nc1CNC(=O)OC(C)(C)C. The van der Waals surface area contributed by atoms with Crippen molar-refractivity contribution < 1.29 is 19.4 Å². The summed E-state index contributed by atoms with van der Waals surface area (Å²) >= 11 is 0. The van der Waals surface area contributed by atoms with Crippen LogP contribution in [0.5, 0.6) is 5.75 Å². The molecule has 0 aliphatic rings. The van der Waals surface area contributed by atoms with Crippen molar-refractivity contribution in [1.29, 1.82) is 0 Å². The summed E-state index contributed by atoms with van der Waals surface area (Å²) in [6.07, 6.45) is -0.0439. The Morgan fingerprint density at radius 2 is 2.10 bits per heavy atom. The largest absolute Gasteiger partial charge is 0.495 e. The van der Waals surface area contributed by atoms with Crippen LogP contribution in [-0.4, -0.2) is 35.5 Å². The highest BCUT2D eigenvalue weighted by Gasteiger charge is 2.16. The molecule has 0 fully saturated rings. The molecule has 1 heterocycles. The number of nitrogens with one attached hydrogen (secondary N) is 1. The van der Waals surface area contributed by atoms with Gasteiger partial charge >= 0.3 is 6.09 Å². The van der Waals surface area contributed by atoms with Gasteiger partial charge in [-0.1, -0.05) is 0 Å². The lowest BCUT2D eigenvalue weighted by Crippen LogP contribution is -2.32. The van der Waals surface area contributed by atoms with Gasteiger partial charge in [0.25, 0.3) is 0 Å². The Morgan fingerprint density at radius 3 is 2.65 bits per heavy atom. The number of carbonyl (C=O) groups is 1. The van der Waals surface area contributed by atoms with E-state index in [0.717, 1.165) is 5.69 Å². The Bertz CT molecular complexity index is 455. The molecule has 0 aliphatic heterocycles. The van der Waals surface area contributed by atoms with Crippen LogP contribution in [0, 0.1) is 0 Å². The zero-order chi connectivity index (χ0) is 15.2. The zero-order valence-electron chi connectivity index (χ0n) is 12.4. The van der Waals surface area contributed by atoms with Crippen molar-refractivity contribution in [2.75, 3.05) is 13.7 Å². The Balaban J connectivity index is 2.70. The number of pyridine rings is 1. The number of ether oxygens (including phenoxy) is 2. The standard InChI is InChI=1S/C14H22N2O4/c1-14(2,3)20-13(18)15-9-11-12(19-4)6-5-10(16-11)7-8-17/h5-6,17H,7-9H2,1-4H3,(H,15,18). The topological polar surface area (TPSA) is 80.7 Å². The van der Waals surface area contributed by atoms with Crippen molar-refractivity contribution in [3.8, 4) is 5.75 Å². The summed E-state index contributed by atoms with van der Waals surface area (Å²) in [6, 6.07) is 3.55. The Morgan fingerprint density at radius 1 is 1.40 bits per heavy atom. The van der Waals surface area contributed by atoms with E-state index in [1.807, 2.05) is 0 Å². The molecule has 0 aromatic carbocycles. The molecule has 0 unspecified atom stereocenters. The van der Waals surface area contributed by atoms with Crippen molar-refractivity contribution in [2.45, 2.75) is 39.3 Å². The van der Waals surface area contributed by atoms with Gasteiger partial charge in [0.15, 0.2) is 0 Å². The molecule has 0 spiro atoms. The normalized spacial score (nSPS) is 11.1. The summed E-state index contributed by atoms with van der Waals surface area (Å²) in [7, 11) is 1.54. The minimum atomic E-state index is -0.541. The van der Waals surface area contributed by atoms with Gasteiger partial charge in [-0.05, 0) is 32.9 Å². The molecule has 2 N–H and O–H groups in total. The molecule has 0 saturated carbocycles. The first kappa shape index (κ1) is 16.2. The Kier molecular flexibility index (Phi) is 5.76. The molecule has 6 heteroatoms. The summed E-state index contributed by atoms with van der Waals surface area (Å²) in [5, 5.41) is 11.6. The average molecular weight is 282 g/mol.